The van der Waals surface area contributed by atoms with Crippen LogP contribution in [0.4, 0.5) is 0 Å². The maximum atomic E-state index is 4.08. The highest BCUT2D eigenvalue weighted by Crippen LogP contribution is 2.00. The van der Waals surface area contributed by atoms with E-state index in [0.29, 0.717) is 0 Å². The highest BCUT2D eigenvalue weighted by molar-refractivity contribution is 14.0. The summed E-state index contributed by atoms with van der Waals surface area (Å²) in [7, 11) is 0. The molecule has 0 aromatic heterocycles. The Hall–Kier alpha value is -0.480. The highest BCUT2D eigenvalue weighted by atomic mass is 127. The van der Waals surface area contributed by atoms with Gasteiger partial charge in [0, 0.05) is 4.90 Å². The smallest absolute Gasteiger partial charge is 0.00399 e. The van der Waals surface area contributed by atoms with Gasteiger partial charge in [0.2, 0.25) is 0 Å². The molecule has 0 aliphatic rings. The molecule has 2 aromatic rings. The monoisotopic (exact) mass is 316 g/mol. The van der Waals surface area contributed by atoms with Crippen molar-refractivity contribution in [3.63, 3.8) is 0 Å². The molecular weight excluding hydrogens is 303 g/mol. The Bertz CT molecular complexity index is 281. The van der Waals surface area contributed by atoms with Crippen LogP contribution in [0.15, 0.2) is 71.6 Å². The summed E-state index contributed by atoms with van der Waals surface area (Å²) in [5.74, 6) is 0. The highest BCUT2D eigenvalue weighted by Gasteiger charge is 1.73. The molecule has 2 aromatic carbocycles. The Morgan fingerprint density at radius 3 is 1.07 bits per heavy atom. The van der Waals surface area contributed by atoms with Crippen molar-refractivity contribution in [2.75, 3.05) is 0 Å². The van der Waals surface area contributed by atoms with Gasteiger partial charge in [0.15, 0.2) is 0 Å². The zero-order chi connectivity index (χ0) is 9.36. The van der Waals surface area contributed by atoms with Crippen molar-refractivity contribution in [2.45, 2.75) is 4.90 Å². The molecule has 0 N–H and O–H groups in total. The zero-order valence-electron chi connectivity index (χ0n) is 7.71. The normalized spacial score (nSPS) is 7.79. The topological polar surface area (TPSA) is 0 Å². The van der Waals surface area contributed by atoms with Gasteiger partial charge in [-0.15, -0.1) is 36.6 Å². The Balaban J connectivity index is 0.000000227. The van der Waals surface area contributed by atoms with Crippen LogP contribution in [0.5, 0.6) is 0 Å². The molecule has 0 saturated heterocycles. The molecule has 0 fully saturated rings. The van der Waals surface area contributed by atoms with Crippen LogP contribution in [-0.4, -0.2) is 0 Å². The zero-order valence-corrected chi connectivity index (χ0v) is 10.9. The lowest BCUT2D eigenvalue weighted by molar-refractivity contribution is 1.48. The molecule has 0 nitrogen and oxygen atoms in total. The molecule has 0 spiro atoms. The van der Waals surface area contributed by atoms with Gasteiger partial charge in [0.25, 0.3) is 0 Å². The van der Waals surface area contributed by atoms with E-state index < -0.39 is 0 Å². The van der Waals surface area contributed by atoms with Crippen molar-refractivity contribution in [1.82, 2.24) is 0 Å². The first-order valence-electron chi connectivity index (χ1n) is 4.13. The molecule has 0 saturated carbocycles. The molecule has 0 aliphatic heterocycles. The average molecular weight is 316 g/mol. The molecule has 0 bridgehead atoms. The van der Waals surface area contributed by atoms with Gasteiger partial charge in [-0.1, -0.05) is 54.6 Å². The lowest BCUT2D eigenvalue weighted by atomic mass is 10.4. The van der Waals surface area contributed by atoms with E-state index in [9.17, 15) is 0 Å². The third-order valence-electron chi connectivity index (χ3n) is 1.42. The van der Waals surface area contributed by atoms with Crippen LogP contribution in [0.25, 0.3) is 0 Å². The largest absolute Gasteiger partial charge is 0.143 e. The third-order valence-corrected chi connectivity index (χ3v) is 1.72. The fourth-order valence-corrected chi connectivity index (χ4v) is 0.985. The van der Waals surface area contributed by atoms with Gasteiger partial charge in [-0.3, -0.25) is 0 Å². The lowest BCUT2D eigenvalue weighted by Gasteiger charge is -1.81. The summed E-state index contributed by atoms with van der Waals surface area (Å²) in [6.07, 6.45) is 0. The van der Waals surface area contributed by atoms with Gasteiger partial charge in [-0.05, 0) is 12.1 Å². The van der Waals surface area contributed by atoms with Crippen molar-refractivity contribution in [1.29, 1.82) is 0 Å². The molecule has 0 heterocycles. The molecule has 0 radical (unpaired) electrons. The van der Waals surface area contributed by atoms with E-state index in [1.54, 1.807) is 0 Å². The standard InChI is InChI=1S/C6H6S.C6H6.HI/c7-6-4-2-1-3-5-6;1-2-4-6-5-3-1;/h1-5,7H;1-6H;1H. The average Bonchev–Trinajstić information content (AvgIpc) is 2.22. The number of halogens is 1. The fourth-order valence-electron chi connectivity index (χ4n) is 0.813. The Morgan fingerprint density at radius 1 is 0.571 bits per heavy atom. The summed E-state index contributed by atoms with van der Waals surface area (Å²) >= 11 is 4.08. The molecule has 0 amide bonds. The number of hydrogen-bond donors (Lipinski definition) is 1. The van der Waals surface area contributed by atoms with Crippen molar-refractivity contribution in [3.05, 3.63) is 66.7 Å². The van der Waals surface area contributed by atoms with Gasteiger partial charge in [0.1, 0.15) is 0 Å². The minimum absolute atomic E-state index is 0. The van der Waals surface area contributed by atoms with Gasteiger partial charge < -0.3 is 0 Å². The molecule has 2 heteroatoms. The van der Waals surface area contributed by atoms with Gasteiger partial charge in [-0.2, -0.15) is 0 Å². The molecular formula is C12H13IS. The van der Waals surface area contributed by atoms with E-state index in [4.69, 9.17) is 0 Å². The van der Waals surface area contributed by atoms with Crippen LogP contribution in [0.3, 0.4) is 0 Å². The Labute approximate surface area is 108 Å². The van der Waals surface area contributed by atoms with Crippen molar-refractivity contribution < 1.29 is 0 Å². The SMILES string of the molecule is I.Sc1ccccc1.c1ccccc1. The summed E-state index contributed by atoms with van der Waals surface area (Å²) in [6.45, 7) is 0. The summed E-state index contributed by atoms with van der Waals surface area (Å²) < 4.78 is 0. The predicted molar refractivity (Wildman–Crippen MR) is 75.6 cm³/mol. The van der Waals surface area contributed by atoms with Crippen molar-refractivity contribution in [3.8, 4) is 0 Å². The van der Waals surface area contributed by atoms with E-state index in [1.807, 2.05) is 66.7 Å². The minimum Gasteiger partial charge on any atom is -0.143 e. The first kappa shape index (κ1) is 13.5. The van der Waals surface area contributed by atoms with E-state index in [-0.39, 0.29) is 24.0 Å². The summed E-state index contributed by atoms with van der Waals surface area (Å²) in [5.41, 5.74) is 0. The van der Waals surface area contributed by atoms with Gasteiger partial charge in [-0.25, -0.2) is 0 Å². The van der Waals surface area contributed by atoms with Gasteiger partial charge in [0.05, 0.1) is 0 Å². The molecule has 2 rings (SSSR count). The first-order valence-corrected chi connectivity index (χ1v) is 4.58. The van der Waals surface area contributed by atoms with Crippen LogP contribution < -0.4 is 0 Å². The lowest BCUT2D eigenvalue weighted by Crippen LogP contribution is -1.56. The summed E-state index contributed by atoms with van der Waals surface area (Å²) in [6, 6.07) is 21.8. The third kappa shape index (κ3) is 6.97. The number of hydrogen-bond acceptors (Lipinski definition) is 1. The second kappa shape index (κ2) is 9.09. The quantitative estimate of drug-likeness (QED) is 0.544. The number of benzene rings is 2. The van der Waals surface area contributed by atoms with Crippen LogP contribution in [-0.2, 0) is 0 Å². The van der Waals surface area contributed by atoms with E-state index in [2.05, 4.69) is 12.6 Å². The van der Waals surface area contributed by atoms with Crippen LogP contribution in [0, 0.1) is 0 Å². The Morgan fingerprint density at radius 2 is 0.857 bits per heavy atom. The Kier molecular flexibility index (Phi) is 8.78. The molecule has 0 unspecified atom stereocenters. The van der Waals surface area contributed by atoms with Gasteiger partial charge >= 0.3 is 0 Å². The predicted octanol–water partition coefficient (Wildman–Crippen LogP) is 4.28. The number of rotatable bonds is 0. The van der Waals surface area contributed by atoms with Crippen LogP contribution >= 0.6 is 36.6 Å². The van der Waals surface area contributed by atoms with Crippen LogP contribution in [0.1, 0.15) is 0 Å². The second-order valence-corrected chi connectivity index (χ2v) is 3.01. The minimum atomic E-state index is 0. The van der Waals surface area contributed by atoms with E-state index >= 15 is 0 Å². The second-order valence-electron chi connectivity index (χ2n) is 2.49. The molecule has 0 atom stereocenters. The summed E-state index contributed by atoms with van der Waals surface area (Å²) in [5, 5.41) is 0. The van der Waals surface area contributed by atoms with E-state index in [0.717, 1.165) is 4.90 Å². The molecule has 14 heavy (non-hydrogen) atoms. The summed E-state index contributed by atoms with van der Waals surface area (Å²) in [4.78, 5) is 1.02. The van der Waals surface area contributed by atoms with Crippen LogP contribution in [0.2, 0.25) is 0 Å². The number of thiol groups is 1. The van der Waals surface area contributed by atoms with E-state index in [1.165, 1.54) is 0 Å². The maximum absolute atomic E-state index is 4.08. The van der Waals surface area contributed by atoms with Crippen molar-refractivity contribution >= 4 is 36.6 Å². The first-order chi connectivity index (χ1) is 6.39. The fraction of sp³-hybridized carbons (Fsp3) is 0. The molecule has 74 valence electrons. The molecule has 0 aliphatic carbocycles. The van der Waals surface area contributed by atoms with Crippen molar-refractivity contribution in [2.24, 2.45) is 0 Å². The maximum Gasteiger partial charge on any atom is 0.00399 e.